The molecule has 36 heavy (non-hydrogen) atoms. The normalized spacial score (nSPS) is 11.9. The summed E-state index contributed by atoms with van der Waals surface area (Å²) in [5.41, 5.74) is 0.176. The third kappa shape index (κ3) is 7.12. The fourth-order valence-electron chi connectivity index (χ4n) is 3.21. The van der Waals surface area contributed by atoms with Crippen molar-refractivity contribution in [3.8, 4) is 17.2 Å². The van der Waals surface area contributed by atoms with E-state index in [-0.39, 0.29) is 18.2 Å². The first-order valence-electron chi connectivity index (χ1n) is 10.4. The number of halogens is 3. The number of rotatable bonds is 10. The van der Waals surface area contributed by atoms with Crippen molar-refractivity contribution in [1.82, 2.24) is 15.3 Å². The number of hydrogen-bond donors (Lipinski definition) is 3. The molecule has 13 heteroatoms. The number of benzene rings is 2. The molecule has 0 saturated carbocycles. The molecule has 192 valence electrons. The van der Waals surface area contributed by atoms with E-state index in [1.165, 1.54) is 33.5 Å². The molecule has 0 saturated heterocycles. The van der Waals surface area contributed by atoms with Crippen LogP contribution in [0.1, 0.15) is 22.1 Å². The van der Waals surface area contributed by atoms with E-state index < -0.39 is 29.6 Å². The van der Waals surface area contributed by atoms with Crippen LogP contribution in [0.2, 0.25) is 0 Å². The van der Waals surface area contributed by atoms with E-state index >= 15 is 0 Å². The molecule has 3 N–H and O–H groups in total. The van der Waals surface area contributed by atoms with Gasteiger partial charge in [-0.1, -0.05) is 12.1 Å². The van der Waals surface area contributed by atoms with E-state index in [0.29, 0.717) is 22.7 Å². The number of nitrogens with zero attached hydrogens (tertiary/aromatic N) is 1. The monoisotopic (exact) mass is 508 g/mol. The van der Waals surface area contributed by atoms with Crippen molar-refractivity contribution in [2.24, 2.45) is 0 Å². The van der Waals surface area contributed by atoms with Crippen molar-refractivity contribution in [3.63, 3.8) is 0 Å². The number of hydrogen-bond acceptors (Lipinski definition) is 8. The molecule has 0 fully saturated rings. The largest absolute Gasteiger partial charge is 0.573 e. The third-order valence-electron chi connectivity index (χ3n) is 4.78. The number of methoxy groups -OCH3 is 3. The molecule has 0 bridgehead atoms. The molecule has 1 amide bonds. The number of aromatic nitrogens is 2. The topological polar surface area (TPSA) is 124 Å². The maximum absolute atomic E-state index is 12.9. The molecule has 0 radical (unpaired) electrons. The average Bonchev–Trinajstić information content (AvgIpc) is 2.82. The number of ether oxygens (including phenoxy) is 4. The van der Waals surface area contributed by atoms with Crippen LogP contribution in [-0.4, -0.2) is 50.2 Å². The Morgan fingerprint density at radius 2 is 1.72 bits per heavy atom. The quantitative estimate of drug-likeness (QED) is 0.380. The lowest BCUT2D eigenvalue weighted by Crippen LogP contribution is -2.33. The van der Waals surface area contributed by atoms with Crippen molar-refractivity contribution < 1.29 is 36.9 Å². The molecule has 0 aliphatic rings. The number of H-pyrrole nitrogens is 1. The zero-order chi connectivity index (χ0) is 26.3. The van der Waals surface area contributed by atoms with Gasteiger partial charge < -0.3 is 29.6 Å². The van der Waals surface area contributed by atoms with Crippen LogP contribution in [0.15, 0.2) is 53.3 Å². The molecule has 1 aromatic heterocycles. The Hall–Kier alpha value is -4.26. The van der Waals surface area contributed by atoms with Gasteiger partial charge in [-0.2, -0.15) is 0 Å². The van der Waals surface area contributed by atoms with Gasteiger partial charge in [0.05, 0.1) is 26.9 Å². The van der Waals surface area contributed by atoms with Crippen LogP contribution >= 0.6 is 0 Å². The summed E-state index contributed by atoms with van der Waals surface area (Å²) in [5, 5.41) is 5.55. The second-order valence-corrected chi connectivity index (χ2v) is 7.27. The van der Waals surface area contributed by atoms with E-state index in [1.807, 2.05) is 0 Å². The Bertz CT molecular complexity index is 1250. The molecular weight excluding hydrogens is 485 g/mol. The van der Waals surface area contributed by atoms with Crippen molar-refractivity contribution in [3.05, 3.63) is 70.1 Å². The lowest BCUT2D eigenvalue weighted by molar-refractivity contribution is -0.274. The van der Waals surface area contributed by atoms with Crippen LogP contribution in [0.3, 0.4) is 0 Å². The maximum Gasteiger partial charge on any atom is 0.573 e. The summed E-state index contributed by atoms with van der Waals surface area (Å²) in [6.07, 6.45) is -4.82. The van der Waals surface area contributed by atoms with Gasteiger partial charge in [0.1, 0.15) is 11.4 Å². The highest BCUT2D eigenvalue weighted by Gasteiger charge is 2.31. The standard InChI is InChI=1S/C23H23F3N4O6/c1-33-12-17(13-4-7-15(8-5-13)36-23(24,25)26)28-21(32)16-11-20(31)30-22(29-16)27-14-6-9-18(34-2)19(10-14)35-3/h4-11,17H,12H2,1-3H3,(H,28,32)(H2,27,29,30,31). The van der Waals surface area contributed by atoms with Crippen LogP contribution in [0.5, 0.6) is 17.2 Å². The molecule has 3 rings (SSSR count). The van der Waals surface area contributed by atoms with E-state index in [4.69, 9.17) is 14.2 Å². The highest BCUT2D eigenvalue weighted by atomic mass is 19.4. The van der Waals surface area contributed by atoms with E-state index in [2.05, 4.69) is 25.3 Å². The molecule has 1 atom stereocenters. The first-order valence-corrected chi connectivity index (χ1v) is 10.4. The Balaban J connectivity index is 1.78. The number of aromatic amines is 1. The second kappa shape index (κ2) is 11.4. The van der Waals surface area contributed by atoms with Crippen molar-refractivity contribution in [2.45, 2.75) is 12.4 Å². The smallest absolute Gasteiger partial charge is 0.493 e. The number of amides is 1. The fraction of sp³-hybridized carbons (Fsp3) is 0.261. The van der Waals surface area contributed by atoms with Gasteiger partial charge in [0, 0.05) is 24.9 Å². The van der Waals surface area contributed by atoms with Crippen LogP contribution in [0, 0.1) is 0 Å². The molecule has 0 spiro atoms. The van der Waals surface area contributed by atoms with E-state index in [1.54, 1.807) is 18.2 Å². The summed E-state index contributed by atoms with van der Waals surface area (Å²) >= 11 is 0. The molecule has 0 aliphatic carbocycles. The highest BCUT2D eigenvalue weighted by Crippen LogP contribution is 2.30. The van der Waals surface area contributed by atoms with E-state index in [9.17, 15) is 22.8 Å². The first-order chi connectivity index (χ1) is 17.1. The number of carbonyl (C=O) groups excluding carboxylic acids is 1. The average molecular weight is 508 g/mol. The molecule has 1 unspecified atom stereocenters. The minimum absolute atomic E-state index is 0.00295. The van der Waals surface area contributed by atoms with Crippen LogP contribution in [0.4, 0.5) is 24.8 Å². The van der Waals surface area contributed by atoms with Gasteiger partial charge >= 0.3 is 6.36 Å². The SMILES string of the molecule is COCC(NC(=O)c1cc(=O)[nH]c(Nc2ccc(OC)c(OC)c2)n1)c1ccc(OC(F)(F)F)cc1. The Morgan fingerprint density at radius 3 is 2.33 bits per heavy atom. The minimum Gasteiger partial charge on any atom is -0.493 e. The summed E-state index contributed by atoms with van der Waals surface area (Å²) in [5.74, 6) is -0.172. The van der Waals surface area contributed by atoms with Gasteiger partial charge in [0.25, 0.3) is 11.5 Å². The van der Waals surface area contributed by atoms with Crippen molar-refractivity contribution in [2.75, 3.05) is 33.3 Å². The van der Waals surface area contributed by atoms with Crippen LogP contribution < -0.4 is 30.4 Å². The lowest BCUT2D eigenvalue weighted by atomic mass is 10.1. The number of anilines is 2. The van der Waals surface area contributed by atoms with Gasteiger partial charge in [0.15, 0.2) is 11.5 Å². The predicted molar refractivity (Wildman–Crippen MR) is 123 cm³/mol. The van der Waals surface area contributed by atoms with Gasteiger partial charge in [-0.15, -0.1) is 13.2 Å². The number of nitrogens with one attached hydrogen (secondary N) is 3. The van der Waals surface area contributed by atoms with Gasteiger partial charge in [-0.05, 0) is 29.8 Å². The van der Waals surface area contributed by atoms with Crippen molar-refractivity contribution >= 4 is 17.5 Å². The maximum atomic E-state index is 12.9. The first kappa shape index (κ1) is 26.3. The molecular formula is C23H23F3N4O6. The molecule has 10 nitrogen and oxygen atoms in total. The second-order valence-electron chi connectivity index (χ2n) is 7.27. The predicted octanol–water partition coefficient (Wildman–Crippen LogP) is 3.55. The minimum atomic E-state index is -4.82. The summed E-state index contributed by atoms with van der Waals surface area (Å²) in [6.45, 7) is 0.00511. The highest BCUT2D eigenvalue weighted by molar-refractivity contribution is 5.92. The Kier molecular flexibility index (Phi) is 8.38. The molecule has 3 aromatic rings. The Morgan fingerprint density at radius 1 is 1.03 bits per heavy atom. The summed E-state index contributed by atoms with van der Waals surface area (Å²) in [7, 11) is 4.37. The van der Waals surface area contributed by atoms with Crippen LogP contribution in [0.25, 0.3) is 0 Å². The fourth-order valence-corrected chi connectivity index (χ4v) is 3.21. The molecule has 1 heterocycles. The molecule has 2 aromatic carbocycles. The summed E-state index contributed by atoms with van der Waals surface area (Å²) in [6, 6.07) is 10.2. The van der Waals surface area contributed by atoms with Crippen LogP contribution in [-0.2, 0) is 4.74 Å². The number of carbonyl (C=O) groups is 1. The Labute approximate surface area is 203 Å². The molecule has 0 aliphatic heterocycles. The van der Waals surface area contributed by atoms with E-state index in [0.717, 1.165) is 18.2 Å². The summed E-state index contributed by atoms with van der Waals surface area (Å²) in [4.78, 5) is 31.7. The van der Waals surface area contributed by atoms with Crippen molar-refractivity contribution in [1.29, 1.82) is 0 Å². The van der Waals surface area contributed by atoms with Gasteiger partial charge in [-0.25, -0.2) is 4.98 Å². The van der Waals surface area contributed by atoms with Gasteiger partial charge in [-0.3, -0.25) is 14.6 Å². The summed E-state index contributed by atoms with van der Waals surface area (Å²) < 4.78 is 56.6. The lowest BCUT2D eigenvalue weighted by Gasteiger charge is -2.19. The third-order valence-corrected chi connectivity index (χ3v) is 4.78. The number of alkyl halides is 3. The van der Waals surface area contributed by atoms with Gasteiger partial charge in [0.2, 0.25) is 5.95 Å². The zero-order valence-electron chi connectivity index (χ0n) is 19.4. The zero-order valence-corrected chi connectivity index (χ0v) is 19.4.